The average molecular weight is 213 g/mol. The van der Waals surface area contributed by atoms with Crippen LogP contribution in [0.25, 0.3) is 0 Å². The third-order valence-electron chi connectivity index (χ3n) is 2.98. The Morgan fingerprint density at radius 3 is 2.64 bits per heavy atom. The highest BCUT2D eigenvalue weighted by Gasteiger charge is 2.22. The van der Waals surface area contributed by atoms with Crippen molar-refractivity contribution in [3.8, 4) is 0 Å². The molecule has 1 atom stereocenters. The Bertz CT molecular complexity index is 257. The van der Waals surface area contributed by atoms with E-state index in [1.165, 1.54) is 31.2 Å². The van der Waals surface area contributed by atoms with E-state index in [1.807, 2.05) is 12.3 Å². The quantitative estimate of drug-likeness (QED) is 0.819. The molecule has 0 saturated heterocycles. The summed E-state index contributed by atoms with van der Waals surface area (Å²) in [6.07, 6.45) is 8.96. The van der Waals surface area contributed by atoms with E-state index in [1.54, 1.807) is 6.20 Å². The Morgan fingerprint density at radius 1 is 1.36 bits per heavy atom. The Labute approximate surface area is 91.3 Å². The summed E-state index contributed by atoms with van der Waals surface area (Å²) in [7, 11) is 0. The number of aromatic nitrogens is 1. The van der Waals surface area contributed by atoms with Gasteiger partial charge in [-0.25, -0.2) is 0 Å². The monoisotopic (exact) mass is 212 g/mol. The van der Waals surface area contributed by atoms with Gasteiger partial charge in [0.25, 0.3) is 0 Å². The van der Waals surface area contributed by atoms with Gasteiger partial charge in [0.05, 0.1) is 0 Å². The van der Waals surface area contributed by atoms with E-state index in [2.05, 4.69) is 11.1 Å². The SMILES string of the molecule is Cl.N[C@@H](c1cccnc1)C1CCCC1. The molecule has 0 bridgehead atoms. The minimum absolute atomic E-state index is 0. The molecular weight excluding hydrogens is 196 g/mol. The molecule has 0 amide bonds. The van der Waals surface area contributed by atoms with Gasteiger partial charge in [-0.05, 0) is 30.4 Å². The number of nitrogens with zero attached hydrogens (tertiary/aromatic N) is 1. The summed E-state index contributed by atoms with van der Waals surface area (Å²) in [5.74, 6) is 0.684. The lowest BCUT2D eigenvalue weighted by molar-refractivity contribution is 0.444. The van der Waals surface area contributed by atoms with Gasteiger partial charge >= 0.3 is 0 Å². The Hall–Kier alpha value is -0.600. The molecule has 1 fully saturated rings. The molecule has 1 aliphatic rings. The summed E-state index contributed by atoms with van der Waals surface area (Å²) in [5, 5.41) is 0. The molecular formula is C11H17ClN2. The standard InChI is InChI=1S/C11H16N2.ClH/c12-11(9-4-1-2-5-9)10-6-3-7-13-8-10;/h3,6-9,11H,1-2,4-5,12H2;1H/t11-;/m1./s1. The molecule has 78 valence electrons. The fourth-order valence-corrected chi connectivity index (χ4v) is 2.16. The molecule has 1 saturated carbocycles. The molecule has 1 aromatic rings. The van der Waals surface area contributed by atoms with Gasteiger partial charge < -0.3 is 5.73 Å². The highest BCUT2D eigenvalue weighted by molar-refractivity contribution is 5.85. The number of hydrogen-bond donors (Lipinski definition) is 1. The highest BCUT2D eigenvalue weighted by Crippen LogP contribution is 2.33. The lowest BCUT2D eigenvalue weighted by Gasteiger charge is -2.18. The zero-order valence-corrected chi connectivity index (χ0v) is 9.04. The maximum absolute atomic E-state index is 6.16. The minimum atomic E-state index is 0. The van der Waals surface area contributed by atoms with Crippen LogP contribution in [0.1, 0.15) is 37.3 Å². The van der Waals surface area contributed by atoms with Crippen molar-refractivity contribution in [1.82, 2.24) is 4.98 Å². The van der Waals surface area contributed by atoms with Crippen LogP contribution in [0.2, 0.25) is 0 Å². The van der Waals surface area contributed by atoms with Crippen molar-refractivity contribution in [3.05, 3.63) is 30.1 Å². The summed E-state index contributed by atoms with van der Waals surface area (Å²) in [5.41, 5.74) is 7.35. The van der Waals surface area contributed by atoms with E-state index >= 15 is 0 Å². The van der Waals surface area contributed by atoms with Crippen LogP contribution in [-0.2, 0) is 0 Å². The van der Waals surface area contributed by atoms with Gasteiger partial charge in [0, 0.05) is 18.4 Å². The Morgan fingerprint density at radius 2 is 2.07 bits per heavy atom. The maximum atomic E-state index is 6.16. The van der Waals surface area contributed by atoms with Crippen LogP contribution >= 0.6 is 12.4 Å². The van der Waals surface area contributed by atoms with E-state index < -0.39 is 0 Å². The summed E-state index contributed by atoms with van der Waals surface area (Å²) in [6.45, 7) is 0. The van der Waals surface area contributed by atoms with E-state index in [9.17, 15) is 0 Å². The van der Waals surface area contributed by atoms with Crippen molar-refractivity contribution in [3.63, 3.8) is 0 Å². The van der Waals surface area contributed by atoms with E-state index in [4.69, 9.17) is 5.73 Å². The Balaban J connectivity index is 0.000000980. The van der Waals surface area contributed by atoms with Gasteiger partial charge in [-0.3, -0.25) is 4.98 Å². The third kappa shape index (κ3) is 2.46. The molecule has 0 radical (unpaired) electrons. The fraction of sp³-hybridized carbons (Fsp3) is 0.545. The van der Waals surface area contributed by atoms with Crippen molar-refractivity contribution in [2.45, 2.75) is 31.7 Å². The molecule has 1 aromatic heterocycles. The molecule has 0 spiro atoms. The molecule has 1 aliphatic carbocycles. The van der Waals surface area contributed by atoms with Crippen LogP contribution in [0, 0.1) is 5.92 Å². The summed E-state index contributed by atoms with van der Waals surface area (Å²) >= 11 is 0. The second-order valence-electron chi connectivity index (χ2n) is 3.86. The lowest BCUT2D eigenvalue weighted by Crippen LogP contribution is -2.19. The smallest absolute Gasteiger partial charge is 0.0338 e. The van der Waals surface area contributed by atoms with Crippen molar-refractivity contribution < 1.29 is 0 Å². The number of rotatable bonds is 2. The number of halogens is 1. The second kappa shape index (κ2) is 5.32. The average Bonchev–Trinajstić information content (AvgIpc) is 2.71. The largest absolute Gasteiger partial charge is 0.324 e. The van der Waals surface area contributed by atoms with Crippen LogP contribution in [0.15, 0.2) is 24.5 Å². The summed E-state index contributed by atoms with van der Waals surface area (Å²) in [6, 6.07) is 4.25. The maximum Gasteiger partial charge on any atom is 0.0338 e. The number of pyridine rings is 1. The zero-order chi connectivity index (χ0) is 9.10. The lowest BCUT2D eigenvalue weighted by atomic mass is 9.94. The van der Waals surface area contributed by atoms with Crippen molar-refractivity contribution in [2.24, 2.45) is 11.7 Å². The minimum Gasteiger partial charge on any atom is -0.324 e. The number of nitrogens with two attached hydrogens (primary N) is 1. The van der Waals surface area contributed by atoms with Crippen molar-refractivity contribution >= 4 is 12.4 Å². The van der Waals surface area contributed by atoms with Crippen LogP contribution < -0.4 is 5.73 Å². The van der Waals surface area contributed by atoms with Gasteiger partial charge in [0.2, 0.25) is 0 Å². The van der Waals surface area contributed by atoms with E-state index in [0.717, 1.165) is 0 Å². The molecule has 1 heterocycles. The van der Waals surface area contributed by atoms with Crippen molar-refractivity contribution in [2.75, 3.05) is 0 Å². The second-order valence-corrected chi connectivity index (χ2v) is 3.86. The van der Waals surface area contributed by atoms with Crippen LogP contribution in [0.5, 0.6) is 0 Å². The van der Waals surface area contributed by atoms with Crippen molar-refractivity contribution in [1.29, 1.82) is 0 Å². The topological polar surface area (TPSA) is 38.9 Å². The van der Waals surface area contributed by atoms with Crippen LogP contribution in [0.3, 0.4) is 0 Å². The molecule has 2 nitrogen and oxygen atoms in total. The van der Waals surface area contributed by atoms with E-state index in [-0.39, 0.29) is 18.4 Å². The first-order chi connectivity index (χ1) is 6.38. The van der Waals surface area contributed by atoms with Gasteiger partial charge in [-0.1, -0.05) is 18.9 Å². The predicted molar refractivity (Wildman–Crippen MR) is 60.4 cm³/mol. The van der Waals surface area contributed by atoms with E-state index in [0.29, 0.717) is 5.92 Å². The number of hydrogen-bond acceptors (Lipinski definition) is 2. The van der Waals surface area contributed by atoms with Crippen LogP contribution in [0.4, 0.5) is 0 Å². The zero-order valence-electron chi connectivity index (χ0n) is 8.23. The molecule has 3 heteroatoms. The van der Waals surface area contributed by atoms with Gasteiger partial charge in [0.15, 0.2) is 0 Å². The van der Waals surface area contributed by atoms with Crippen LogP contribution in [-0.4, -0.2) is 4.98 Å². The molecule has 14 heavy (non-hydrogen) atoms. The first-order valence-corrected chi connectivity index (χ1v) is 5.03. The third-order valence-corrected chi connectivity index (χ3v) is 2.98. The first kappa shape index (κ1) is 11.5. The summed E-state index contributed by atoms with van der Waals surface area (Å²) < 4.78 is 0. The molecule has 0 aromatic carbocycles. The van der Waals surface area contributed by atoms with Gasteiger partial charge in [0.1, 0.15) is 0 Å². The first-order valence-electron chi connectivity index (χ1n) is 5.03. The van der Waals surface area contributed by atoms with Gasteiger partial charge in [-0.15, -0.1) is 12.4 Å². The Kier molecular flexibility index (Phi) is 4.36. The molecule has 0 aliphatic heterocycles. The predicted octanol–water partition coefficient (Wildman–Crippen LogP) is 2.69. The van der Waals surface area contributed by atoms with Gasteiger partial charge in [-0.2, -0.15) is 0 Å². The molecule has 0 unspecified atom stereocenters. The normalized spacial score (nSPS) is 18.9. The fourth-order valence-electron chi connectivity index (χ4n) is 2.16. The molecule has 2 rings (SSSR count). The highest BCUT2D eigenvalue weighted by atomic mass is 35.5. The molecule has 2 N–H and O–H groups in total. The summed E-state index contributed by atoms with van der Waals surface area (Å²) in [4.78, 5) is 4.10.